The van der Waals surface area contributed by atoms with Gasteiger partial charge in [0.2, 0.25) is 0 Å². The minimum Gasteiger partial charge on any atom is -0.494 e. The van der Waals surface area contributed by atoms with E-state index in [1.54, 1.807) is 12.1 Å². The quantitative estimate of drug-likeness (QED) is 0.887. The molecule has 1 aromatic carbocycles. The second-order valence-corrected chi connectivity index (χ2v) is 4.57. The topological polar surface area (TPSA) is 76.4 Å². The highest BCUT2D eigenvalue weighted by Crippen LogP contribution is 2.16. The Balaban J connectivity index is 1.87. The molecule has 2 aromatic rings. The highest BCUT2D eigenvalue weighted by molar-refractivity contribution is 5.89. The molecule has 2 amide bonds. The Hall–Kier alpha value is -2.50. The summed E-state index contributed by atoms with van der Waals surface area (Å²) in [4.78, 5) is 11.8. The number of amides is 2. The monoisotopic (exact) mass is 289 g/mol. The summed E-state index contributed by atoms with van der Waals surface area (Å²) in [5, 5.41) is 9.37. The first-order chi connectivity index (χ1) is 10.1. The van der Waals surface area contributed by atoms with E-state index in [1.165, 1.54) is 0 Å². The number of benzene rings is 1. The normalized spacial score (nSPS) is 10.2. The largest absolute Gasteiger partial charge is 0.494 e. The van der Waals surface area contributed by atoms with E-state index in [1.807, 2.05) is 32.9 Å². The van der Waals surface area contributed by atoms with Crippen molar-refractivity contribution in [3.05, 3.63) is 41.3 Å². The van der Waals surface area contributed by atoms with Gasteiger partial charge in [0.05, 0.1) is 12.3 Å². The van der Waals surface area contributed by atoms with E-state index < -0.39 is 0 Å². The first-order valence-corrected chi connectivity index (χ1v) is 6.79. The van der Waals surface area contributed by atoms with Crippen molar-refractivity contribution in [2.75, 3.05) is 11.9 Å². The number of hydrogen-bond acceptors (Lipinski definition) is 4. The van der Waals surface area contributed by atoms with Gasteiger partial charge in [-0.2, -0.15) is 0 Å². The Kier molecular flexibility index (Phi) is 4.81. The molecule has 1 heterocycles. The van der Waals surface area contributed by atoms with Crippen LogP contribution < -0.4 is 15.4 Å². The molecule has 2 rings (SSSR count). The number of nitrogens with one attached hydrogen (secondary N) is 2. The Morgan fingerprint density at radius 1 is 1.29 bits per heavy atom. The van der Waals surface area contributed by atoms with Crippen molar-refractivity contribution in [2.45, 2.75) is 27.3 Å². The van der Waals surface area contributed by atoms with Gasteiger partial charge < -0.3 is 19.9 Å². The second-order valence-electron chi connectivity index (χ2n) is 4.57. The lowest BCUT2D eigenvalue weighted by molar-refractivity contribution is 0.251. The number of rotatable bonds is 5. The summed E-state index contributed by atoms with van der Waals surface area (Å²) < 4.78 is 10.4. The van der Waals surface area contributed by atoms with Crippen LogP contribution in [0.5, 0.6) is 5.75 Å². The van der Waals surface area contributed by atoms with Crippen LogP contribution >= 0.6 is 0 Å². The zero-order valence-corrected chi connectivity index (χ0v) is 12.4. The van der Waals surface area contributed by atoms with Crippen LogP contribution in [0, 0.1) is 13.8 Å². The fourth-order valence-corrected chi connectivity index (χ4v) is 1.90. The van der Waals surface area contributed by atoms with Crippen molar-refractivity contribution < 1.29 is 14.1 Å². The summed E-state index contributed by atoms with van der Waals surface area (Å²) >= 11 is 0. The summed E-state index contributed by atoms with van der Waals surface area (Å²) in [7, 11) is 0. The van der Waals surface area contributed by atoms with Gasteiger partial charge in [0.15, 0.2) is 0 Å². The SMILES string of the molecule is CCOc1ccc(NC(=O)NCc2c(C)noc2C)cc1. The molecule has 6 nitrogen and oxygen atoms in total. The van der Waals surface area contributed by atoms with Crippen LogP contribution in [0.4, 0.5) is 10.5 Å². The number of nitrogens with zero attached hydrogens (tertiary/aromatic N) is 1. The molecule has 0 fully saturated rings. The molecule has 1 aromatic heterocycles. The number of hydrogen-bond donors (Lipinski definition) is 2. The summed E-state index contributed by atoms with van der Waals surface area (Å²) in [6, 6.07) is 6.93. The van der Waals surface area contributed by atoms with Gasteiger partial charge in [-0.3, -0.25) is 0 Å². The maximum absolute atomic E-state index is 11.8. The van der Waals surface area contributed by atoms with E-state index >= 15 is 0 Å². The van der Waals surface area contributed by atoms with Crippen LogP contribution in [0.3, 0.4) is 0 Å². The van der Waals surface area contributed by atoms with E-state index in [-0.39, 0.29) is 6.03 Å². The summed E-state index contributed by atoms with van der Waals surface area (Å²) in [6.45, 7) is 6.59. The zero-order chi connectivity index (χ0) is 15.2. The molecule has 0 unspecified atom stereocenters. The van der Waals surface area contributed by atoms with Crippen LogP contribution in [0.1, 0.15) is 23.9 Å². The van der Waals surface area contributed by atoms with Crippen LogP contribution in [0.2, 0.25) is 0 Å². The third-order valence-electron chi connectivity index (χ3n) is 3.03. The van der Waals surface area contributed by atoms with Crippen molar-refractivity contribution in [2.24, 2.45) is 0 Å². The van der Waals surface area contributed by atoms with Gasteiger partial charge in [0.1, 0.15) is 11.5 Å². The Morgan fingerprint density at radius 3 is 2.57 bits per heavy atom. The van der Waals surface area contributed by atoms with E-state index in [9.17, 15) is 4.79 Å². The van der Waals surface area contributed by atoms with E-state index in [0.29, 0.717) is 24.6 Å². The molecular weight excluding hydrogens is 270 g/mol. The Morgan fingerprint density at radius 2 is 2.00 bits per heavy atom. The van der Waals surface area contributed by atoms with Gasteiger partial charge in [-0.15, -0.1) is 0 Å². The molecule has 0 aliphatic rings. The molecule has 112 valence electrons. The van der Waals surface area contributed by atoms with Crippen LogP contribution in [-0.2, 0) is 6.54 Å². The van der Waals surface area contributed by atoms with Crippen LogP contribution in [0.25, 0.3) is 0 Å². The van der Waals surface area contributed by atoms with Crippen molar-refractivity contribution in [3.63, 3.8) is 0 Å². The lowest BCUT2D eigenvalue weighted by Gasteiger charge is -2.08. The molecule has 2 N–H and O–H groups in total. The molecule has 0 aliphatic carbocycles. The molecule has 0 atom stereocenters. The Labute approximate surface area is 123 Å². The standard InChI is InChI=1S/C15H19N3O3/c1-4-20-13-7-5-12(6-8-13)17-15(19)16-9-14-10(2)18-21-11(14)3/h5-8H,4,9H2,1-3H3,(H2,16,17,19). The number of carbonyl (C=O) groups excluding carboxylic acids is 1. The molecule has 0 spiro atoms. The van der Waals surface area contributed by atoms with Gasteiger partial charge in [-0.1, -0.05) is 5.16 Å². The van der Waals surface area contributed by atoms with Gasteiger partial charge in [0, 0.05) is 17.8 Å². The van der Waals surface area contributed by atoms with E-state index in [0.717, 1.165) is 17.0 Å². The maximum atomic E-state index is 11.8. The minimum atomic E-state index is -0.279. The Bertz CT molecular complexity index is 586. The van der Waals surface area contributed by atoms with Crippen molar-refractivity contribution in [3.8, 4) is 5.75 Å². The zero-order valence-electron chi connectivity index (χ0n) is 12.4. The number of carbonyl (C=O) groups is 1. The molecule has 0 saturated heterocycles. The predicted octanol–water partition coefficient (Wildman–Crippen LogP) is 3.01. The molecule has 0 saturated carbocycles. The van der Waals surface area contributed by atoms with Crippen molar-refractivity contribution >= 4 is 11.7 Å². The van der Waals surface area contributed by atoms with Gasteiger partial charge in [0.25, 0.3) is 0 Å². The van der Waals surface area contributed by atoms with Gasteiger partial charge in [-0.25, -0.2) is 4.79 Å². The number of aromatic nitrogens is 1. The molecule has 0 aliphatic heterocycles. The van der Waals surface area contributed by atoms with Gasteiger partial charge in [-0.05, 0) is 45.0 Å². The summed E-state index contributed by atoms with van der Waals surface area (Å²) in [6.07, 6.45) is 0. The molecule has 0 bridgehead atoms. The number of anilines is 1. The van der Waals surface area contributed by atoms with Crippen molar-refractivity contribution in [1.29, 1.82) is 0 Å². The lowest BCUT2D eigenvalue weighted by atomic mass is 10.2. The lowest BCUT2D eigenvalue weighted by Crippen LogP contribution is -2.28. The fourth-order valence-electron chi connectivity index (χ4n) is 1.90. The molecule has 0 radical (unpaired) electrons. The maximum Gasteiger partial charge on any atom is 0.319 e. The second kappa shape index (κ2) is 6.78. The van der Waals surface area contributed by atoms with E-state index in [4.69, 9.17) is 9.26 Å². The third kappa shape index (κ3) is 3.98. The molecule has 6 heteroatoms. The highest BCUT2D eigenvalue weighted by Gasteiger charge is 2.10. The van der Waals surface area contributed by atoms with Gasteiger partial charge >= 0.3 is 6.03 Å². The van der Waals surface area contributed by atoms with Crippen LogP contribution in [0.15, 0.2) is 28.8 Å². The third-order valence-corrected chi connectivity index (χ3v) is 3.03. The van der Waals surface area contributed by atoms with Crippen LogP contribution in [-0.4, -0.2) is 17.8 Å². The molecule has 21 heavy (non-hydrogen) atoms. The average Bonchev–Trinajstić information content (AvgIpc) is 2.78. The molecular formula is C15H19N3O3. The van der Waals surface area contributed by atoms with E-state index in [2.05, 4.69) is 15.8 Å². The summed E-state index contributed by atoms with van der Waals surface area (Å²) in [5.41, 5.74) is 2.39. The average molecular weight is 289 g/mol. The van der Waals surface area contributed by atoms with Crippen molar-refractivity contribution in [1.82, 2.24) is 10.5 Å². The minimum absolute atomic E-state index is 0.279. The first-order valence-electron chi connectivity index (χ1n) is 6.79. The predicted molar refractivity (Wildman–Crippen MR) is 79.4 cm³/mol. The summed E-state index contributed by atoms with van der Waals surface area (Å²) in [5.74, 6) is 1.49. The fraction of sp³-hybridized carbons (Fsp3) is 0.333. The first kappa shape index (κ1) is 14.9. The number of aryl methyl sites for hydroxylation is 2. The number of ether oxygens (including phenoxy) is 1. The highest BCUT2D eigenvalue weighted by atomic mass is 16.5. The smallest absolute Gasteiger partial charge is 0.319 e. The number of urea groups is 1.